The molecule has 1 fully saturated rings. The molecule has 31 heavy (non-hydrogen) atoms. The van der Waals surface area contributed by atoms with Crippen LogP contribution in [0.25, 0.3) is 11.5 Å². The maximum atomic E-state index is 14.8. The van der Waals surface area contributed by atoms with Gasteiger partial charge in [0.25, 0.3) is 11.8 Å². The Morgan fingerprint density at radius 2 is 1.90 bits per heavy atom. The summed E-state index contributed by atoms with van der Waals surface area (Å²) < 4.78 is 61.6. The molecule has 3 aromatic rings. The molecular formula is C21H16F4N4O2. The molecule has 160 valence electrons. The van der Waals surface area contributed by atoms with Gasteiger partial charge in [0.05, 0.1) is 12.1 Å². The lowest BCUT2D eigenvalue weighted by atomic mass is 9.89. The second-order valence-corrected chi connectivity index (χ2v) is 7.80. The molecule has 0 radical (unpaired) electrons. The molecule has 10 heteroatoms. The molecule has 0 saturated carbocycles. The van der Waals surface area contributed by atoms with Gasteiger partial charge in [-0.15, -0.1) is 0 Å². The summed E-state index contributed by atoms with van der Waals surface area (Å²) in [6.45, 7) is 0.120. The van der Waals surface area contributed by atoms with Gasteiger partial charge in [-0.3, -0.25) is 4.79 Å². The summed E-state index contributed by atoms with van der Waals surface area (Å²) in [5, 5.41) is 3.87. The van der Waals surface area contributed by atoms with E-state index in [2.05, 4.69) is 15.1 Å². The van der Waals surface area contributed by atoms with E-state index in [1.165, 1.54) is 17.0 Å². The fourth-order valence-electron chi connectivity index (χ4n) is 4.27. The van der Waals surface area contributed by atoms with Crippen molar-refractivity contribution in [1.29, 1.82) is 0 Å². The lowest BCUT2D eigenvalue weighted by Crippen LogP contribution is -2.46. The Morgan fingerprint density at radius 1 is 1.10 bits per heavy atom. The molecule has 0 unspecified atom stereocenters. The second kappa shape index (κ2) is 7.14. The average Bonchev–Trinajstić information content (AvgIpc) is 3.21. The molecule has 6 nitrogen and oxygen atoms in total. The van der Waals surface area contributed by atoms with Gasteiger partial charge in [0.1, 0.15) is 17.3 Å². The van der Waals surface area contributed by atoms with Crippen molar-refractivity contribution in [3.63, 3.8) is 0 Å². The van der Waals surface area contributed by atoms with E-state index >= 15 is 0 Å². The van der Waals surface area contributed by atoms with Crippen LogP contribution in [0.3, 0.4) is 0 Å². The van der Waals surface area contributed by atoms with E-state index in [1.54, 1.807) is 0 Å². The zero-order valence-electron chi connectivity index (χ0n) is 16.1. The molecule has 0 N–H and O–H groups in total. The van der Waals surface area contributed by atoms with E-state index in [-0.39, 0.29) is 29.7 Å². The predicted molar refractivity (Wildman–Crippen MR) is 99.2 cm³/mol. The van der Waals surface area contributed by atoms with E-state index in [4.69, 9.17) is 4.52 Å². The van der Waals surface area contributed by atoms with Gasteiger partial charge in [0.2, 0.25) is 11.7 Å². The molecule has 0 bridgehead atoms. The van der Waals surface area contributed by atoms with Crippen molar-refractivity contribution in [2.24, 2.45) is 0 Å². The number of rotatable bonds is 2. The fourth-order valence-corrected chi connectivity index (χ4v) is 4.27. The van der Waals surface area contributed by atoms with Crippen LogP contribution in [-0.4, -0.2) is 38.5 Å². The van der Waals surface area contributed by atoms with Gasteiger partial charge in [0.15, 0.2) is 0 Å². The largest absolute Gasteiger partial charge is 0.339 e. The Kier molecular flexibility index (Phi) is 4.53. The first-order valence-electron chi connectivity index (χ1n) is 9.76. The number of hydrogen-bond donors (Lipinski definition) is 0. The van der Waals surface area contributed by atoms with Crippen LogP contribution in [0.5, 0.6) is 0 Å². The average molecular weight is 432 g/mol. The van der Waals surface area contributed by atoms with Crippen molar-refractivity contribution < 1.29 is 26.9 Å². The zero-order valence-corrected chi connectivity index (χ0v) is 16.1. The standard InChI is InChI=1S/C21H16F4N4O2/c22-12-2-5-15-16(7-12)21(24,25)8-14-4-1-11(10-29(14)20(15)30)19-27-18(28-31-19)17-6-3-13(23)9-26-17/h2-3,5-7,9,11,14H,1,4,8,10H2/t11-,14-/m0/s1. The van der Waals surface area contributed by atoms with Crippen LogP contribution in [0.4, 0.5) is 17.6 Å². The lowest BCUT2D eigenvalue weighted by molar-refractivity contribution is -0.0372. The molecule has 2 aliphatic heterocycles. The van der Waals surface area contributed by atoms with Crippen molar-refractivity contribution in [2.75, 3.05) is 6.54 Å². The number of carbonyl (C=O) groups is 1. The van der Waals surface area contributed by atoms with E-state index in [1.807, 2.05) is 0 Å². The molecule has 2 aromatic heterocycles. The van der Waals surface area contributed by atoms with Gasteiger partial charge >= 0.3 is 0 Å². The number of halogens is 4. The van der Waals surface area contributed by atoms with Crippen molar-refractivity contribution in [2.45, 2.75) is 37.1 Å². The quantitative estimate of drug-likeness (QED) is 0.565. The summed E-state index contributed by atoms with van der Waals surface area (Å²) in [5.74, 6) is -5.11. The first-order valence-corrected chi connectivity index (χ1v) is 9.76. The number of aromatic nitrogens is 3. The SMILES string of the molecule is O=C1c2ccc(F)cc2C(F)(F)C[C@@H]2CC[C@H](c3nc(-c4ccc(F)cn4)no3)CN12. The summed E-state index contributed by atoms with van der Waals surface area (Å²) in [7, 11) is 0. The number of carbonyl (C=O) groups excluding carboxylic acids is 1. The molecule has 5 rings (SSSR count). The first-order chi connectivity index (χ1) is 14.8. The minimum absolute atomic E-state index is 0.120. The number of pyridine rings is 1. The maximum absolute atomic E-state index is 14.8. The molecule has 0 spiro atoms. The molecular weight excluding hydrogens is 416 g/mol. The van der Waals surface area contributed by atoms with Crippen molar-refractivity contribution in [3.8, 4) is 11.5 Å². The Morgan fingerprint density at radius 3 is 2.68 bits per heavy atom. The highest BCUT2D eigenvalue weighted by molar-refractivity contribution is 5.96. The number of benzene rings is 1. The number of fused-ring (bicyclic) bond motifs is 2. The summed E-state index contributed by atoms with van der Waals surface area (Å²) >= 11 is 0. The molecule has 1 aromatic carbocycles. The molecule has 1 saturated heterocycles. The Balaban J connectivity index is 1.43. The normalized spacial score (nSPS) is 22.6. The topological polar surface area (TPSA) is 72.1 Å². The van der Waals surface area contributed by atoms with Gasteiger partial charge in [-0.1, -0.05) is 5.16 Å². The highest BCUT2D eigenvalue weighted by Crippen LogP contribution is 2.44. The molecule has 1 amide bonds. The maximum Gasteiger partial charge on any atom is 0.276 e. The second-order valence-electron chi connectivity index (χ2n) is 7.80. The number of piperidine rings is 1. The van der Waals surface area contributed by atoms with E-state index in [9.17, 15) is 22.4 Å². The van der Waals surface area contributed by atoms with E-state index in [0.717, 1.165) is 24.4 Å². The summed E-state index contributed by atoms with van der Waals surface area (Å²) in [6.07, 6.45) is 1.24. The smallest absolute Gasteiger partial charge is 0.276 e. The summed E-state index contributed by atoms with van der Waals surface area (Å²) in [6, 6.07) is 4.81. The van der Waals surface area contributed by atoms with E-state index in [0.29, 0.717) is 18.5 Å². The minimum atomic E-state index is -3.31. The van der Waals surface area contributed by atoms with Gasteiger partial charge in [-0.25, -0.2) is 22.5 Å². The summed E-state index contributed by atoms with van der Waals surface area (Å²) in [4.78, 5) is 22.7. The highest BCUT2D eigenvalue weighted by Gasteiger charge is 2.47. The fraction of sp³-hybridized carbons (Fsp3) is 0.333. The van der Waals surface area contributed by atoms with E-state index < -0.39 is 41.5 Å². The monoisotopic (exact) mass is 432 g/mol. The van der Waals surface area contributed by atoms with Crippen molar-refractivity contribution in [3.05, 3.63) is 65.2 Å². The highest BCUT2D eigenvalue weighted by atomic mass is 19.3. The van der Waals surface area contributed by atoms with Crippen molar-refractivity contribution in [1.82, 2.24) is 20.0 Å². The molecule has 2 aliphatic rings. The number of nitrogens with zero attached hydrogens (tertiary/aromatic N) is 4. The lowest BCUT2D eigenvalue weighted by Gasteiger charge is -2.38. The third-order valence-corrected chi connectivity index (χ3v) is 5.81. The minimum Gasteiger partial charge on any atom is -0.339 e. The Hall–Kier alpha value is -3.30. The van der Waals surface area contributed by atoms with Crippen molar-refractivity contribution >= 4 is 5.91 Å². The number of amides is 1. The van der Waals surface area contributed by atoms with Crippen LogP contribution < -0.4 is 0 Å². The Labute approximate surface area is 173 Å². The van der Waals surface area contributed by atoms with Crippen LogP contribution in [0.15, 0.2) is 41.1 Å². The molecule has 2 atom stereocenters. The third-order valence-electron chi connectivity index (χ3n) is 5.81. The third kappa shape index (κ3) is 3.45. The summed E-state index contributed by atoms with van der Waals surface area (Å²) in [5.41, 5.74) is -0.450. The van der Waals surface area contributed by atoms with Gasteiger partial charge in [-0.2, -0.15) is 4.98 Å². The zero-order chi connectivity index (χ0) is 21.8. The van der Waals surface area contributed by atoms with Gasteiger partial charge < -0.3 is 9.42 Å². The number of hydrogen-bond acceptors (Lipinski definition) is 5. The van der Waals surface area contributed by atoms with Crippen LogP contribution in [0.1, 0.15) is 47.0 Å². The van der Waals surface area contributed by atoms with Crippen LogP contribution in [-0.2, 0) is 5.92 Å². The van der Waals surface area contributed by atoms with Crippen LogP contribution in [0.2, 0.25) is 0 Å². The van der Waals surface area contributed by atoms with Crippen LogP contribution >= 0.6 is 0 Å². The molecule has 4 heterocycles. The molecule has 0 aliphatic carbocycles. The van der Waals surface area contributed by atoms with Gasteiger partial charge in [0, 0.05) is 30.1 Å². The number of alkyl halides is 2. The first kappa shape index (κ1) is 19.7. The Bertz CT molecular complexity index is 1150. The van der Waals surface area contributed by atoms with Gasteiger partial charge in [-0.05, 0) is 43.2 Å². The predicted octanol–water partition coefficient (Wildman–Crippen LogP) is 4.29. The van der Waals surface area contributed by atoms with Crippen LogP contribution in [0, 0.1) is 11.6 Å².